The molecule has 1 aromatic heterocycles. The fraction of sp³-hybridized carbons (Fsp3) is 0.333. The van der Waals surface area contributed by atoms with Crippen LogP contribution in [0.4, 0.5) is 0 Å². The maximum atomic E-state index is 6.05. The monoisotopic (exact) mass is 295 g/mol. The van der Waals surface area contributed by atoms with E-state index in [2.05, 4.69) is 23.7 Å². The van der Waals surface area contributed by atoms with E-state index in [0.717, 1.165) is 23.7 Å². The highest BCUT2D eigenvalue weighted by molar-refractivity contribution is 7.10. The number of ether oxygens (including phenoxy) is 1. The number of benzene rings is 1. The highest BCUT2D eigenvalue weighted by Crippen LogP contribution is 2.33. The Kier molecular flexibility index (Phi) is 5.25. The van der Waals surface area contributed by atoms with Crippen molar-refractivity contribution in [2.24, 2.45) is 0 Å². The molecule has 0 aliphatic rings. The summed E-state index contributed by atoms with van der Waals surface area (Å²) in [5, 5.41) is 6.36. The first-order valence-electron chi connectivity index (χ1n) is 6.33. The Morgan fingerprint density at radius 3 is 2.89 bits per heavy atom. The molecule has 2 aromatic rings. The van der Waals surface area contributed by atoms with Gasteiger partial charge in [-0.05, 0) is 42.1 Å². The molecule has 0 aliphatic heterocycles. The zero-order valence-corrected chi connectivity index (χ0v) is 12.7. The highest BCUT2D eigenvalue weighted by Gasteiger charge is 2.17. The predicted octanol–water partition coefficient (Wildman–Crippen LogP) is 4.30. The third-order valence-corrected chi connectivity index (χ3v) is 4.22. The van der Waals surface area contributed by atoms with Crippen molar-refractivity contribution in [3.05, 3.63) is 51.2 Å². The molecule has 1 atom stereocenters. The Morgan fingerprint density at radius 1 is 1.37 bits per heavy atom. The quantitative estimate of drug-likeness (QED) is 0.858. The summed E-state index contributed by atoms with van der Waals surface area (Å²) >= 11 is 7.77. The van der Waals surface area contributed by atoms with Gasteiger partial charge >= 0.3 is 0 Å². The Bertz CT molecular complexity index is 526. The maximum Gasteiger partial charge on any atom is 0.134 e. The standard InChI is InChI=1S/C15H18ClNOS/c1-3-17-13(15-14(18-2)7-8-19-15)10-11-5-4-6-12(16)9-11/h4-9,13,17H,3,10H2,1-2H3. The third kappa shape index (κ3) is 3.72. The van der Waals surface area contributed by atoms with Gasteiger partial charge in [-0.25, -0.2) is 0 Å². The van der Waals surface area contributed by atoms with Crippen LogP contribution in [0, 0.1) is 0 Å². The molecule has 2 nitrogen and oxygen atoms in total. The molecule has 1 heterocycles. The van der Waals surface area contributed by atoms with E-state index in [1.165, 1.54) is 10.4 Å². The van der Waals surface area contributed by atoms with Crippen LogP contribution in [0.15, 0.2) is 35.7 Å². The average Bonchev–Trinajstić information content (AvgIpc) is 2.86. The number of likely N-dealkylation sites (N-methyl/N-ethyl adjacent to an activating group) is 1. The first kappa shape index (κ1) is 14.4. The number of thiophene rings is 1. The maximum absolute atomic E-state index is 6.05. The Hall–Kier alpha value is -1.03. The molecular weight excluding hydrogens is 278 g/mol. The lowest BCUT2D eigenvalue weighted by molar-refractivity contribution is 0.403. The van der Waals surface area contributed by atoms with Gasteiger partial charge in [-0.2, -0.15) is 0 Å². The Labute approximate surface area is 123 Å². The first-order chi connectivity index (χ1) is 9.24. The van der Waals surface area contributed by atoms with Gasteiger partial charge < -0.3 is 10.1 Å². The van der Waals surface area contributed by atoms with Crippen LogP contribution in [-0.4, -0.2) is 13.7 Å². The van der Waals surface area contributed by atoms with Crippen molar-refractivity contribution < 1.29 is 4.74 Å². The SMILES string of the molecule is CCNC(Cc1cccc(Cl)c1)c1sccc1OC. The van der Waals surface area contributed by atoms with Crippen LogP contribution in [0.5, 0.6) is 5.75 Å². The topological polar surface area (TPSA) is 21.3 Å². The summed E-state index contributed by atoms with van der Waals surface area (Å²) < 4.78 is 5.42. The fourth-order valence-electron chi connectivity index (χ4n) is 2.14. The molecule has 0 bridgehead atoms. The molecule has 1 unspecified atom stereocenters. The lowest BCUT2D eigenvalue weighted by atomic mass is 10.0. The smallest absolute Gasteiger partial charge is 0.134 e. The van der Waals surface area contributed by atoms with Gasteiger partial charge in [0.05, 0.1) is 12.0 Å². The van der Waals surface area contributed by atoms with E-state index in [9.17, 15) is 0 Å². The van der Waals surface area contributed by atoms with Gasteiger partial charge in [0.1, 0.15) is 5.75 Å². The molecule has 0 spiro atoms. The summed E-state index contributed by atoms with van der Waals surface area (Å²) in [6.45, 7) is 3.04. The van der Waals surface area contributed by atoms with Gasteiger partial charge in [0.15, 0.2) is 0 Å². The largest absolute Gasteiger partial charge is 0.496 e. The fourth-order valence-corrected chi connectivity index (χ4v) is 3.29. The zero-order chi connectivity index (χ0) is 13.7. The third-order valence-electron chi connectivity index (χ3n) is 2.97. The first-order valence-corrected chi connectivity index (χ1v) is 7.59. The van der Waals surface area contributed by atoms with E-state index < -0.39 is 0 Å². The molecule has 0 aliphatic carbocycles. The summed E-state index contributed by atoms with van der Waals surface area (Å²) in [5.41, 5.74) is 1.23. The summed E-state index contributed by atoms with van der Waals surface area (Å²) in [6, 6.07) is 10.3. The van der Waals surface area contributed by atoms with E-state index in [-0.39, 0.29) is 6.04 Å². The van der Waals surface area contributed by atoms with E-state index in [4.69, 9.17) is 16.3 Å². The average molecular weight is 296 g/mol. The predicted molar refractivity (Wildman–Crippen MR) is 82.4 cm³/mol. The van der Waals surface area contributed by atoms with Crippen molar-refractivity contribution in [2.75, 3.05) is 13.7 Å². The number of hydrogen-bond acceptors (Lipinski definition) is 3. The van der Waals surface area contributed by atoms with Crippen LogP contribution >= 0.6 is 22.9 Å². The Morgan fingerprint density at radius 2 is 2.21 bits per heavy atom. The number of nitrogens with one attached hydrogen (secondary N) is 1. The van der Waals surface area contributed by atoms with E-state index in [1.807, 2.05) is 24.3 Å². The van der Waals surface area contributed by atoms with E-state index in [1.54, 1.807) is 18.4 Å². The van der Waals surface area contributed by atoms with E-state index >= 15 is 0 Å². The number of methoxy groups -OCH3 is 1. The van der Waals surface area contributed by atoms with Gasteiger partial charge in [-0.15, -0.1) is 11.3 Å². The van der Waals surface area contributed by atoms with Gasteiger partial charge in [0, 0.05) is 11.1 Å². The van der Waals surface area contributed by atoms with Crippen LogP contribution in [0.1, 0.15) is 23.4 Å². The number of rotatable bonds is 6. The molecule has 102 valence electrons. The number of hydrogen-bond donors (Lipinski definition) is 1. The summed E-state index contributed by atoms with van der Waals surface area (Å²) in [7, 11) is 1.72. The van der Waals surface area contributed by atoms with Crippen molar-refractivity contribution in [3.8, 4) is 5.75 Å². The molecule has 1 aromatic carbocycles. The Balaban J connectivity index is 2.21. The minimum Gasteiger partial charge on any atom is -0.496 e. The van der Waals surface area contributed by atoms with Crippen LogP contribution in [0.2, 0.25) is 5.02 Å². The molecule has 2 rings (SSSR count). The van der Waals surface area contributed by atoms with Gasteiger partial charge in [-0.3, -0.25) is 0 Å². The molecule has 0 radical (unpaired) electrons. The van der Waals surface area contributed by atoms with Crippen molar-refractivity contribution in [2.45, 2.75) is 19.4 Å². The van der Waals surface area contributed by atoms with Crippen molar-refractivity contribution in [1.29, 1.82) is 0 Å². The summed E-state index contributed by atoms with van der Waals surface area (Å²) in [6.07, 6.45) is 0.908. The zero-order valence-electron chi connectivity index (χ0n) is 11.2. The van der Waals surface area contributed by atoms with Crippen molar-refractivity contribution in [1.82, 2.24) is 5.32 Å². The molecule has 4 heteroatoms. The van der Waals surface area contributed by atoms with E-state index in [0.29, 0.717) is 0 Å². The second kappa shape index (κ2) is 6.94. The second-order valence-electron chi connectivity index (χ2n) is 4.30. The molecular formula is C15H18ClNOS. The van der Waals surface area contributed by atoms with Crippen LogP contribution in [0.3, 0.4) is 0 Å². The van der Waals surface area contributed by atoms with Crippen molar-refractivity contribution >= 4 is 22.9 Å². The normalized spacial score (nSPS) is 12.4. The van der Waals surface area contributed by atoms with Crippen LogP contribution in [0.25, 0.3) is 0 Å². The van der Waals surface area contributed by atoms with Crippen LogP contribution < -0.4 is 10.1 Å². The second-order valence-corrected chi connectivity index (χ2v) is 5.68. The highest BCUT2D eigenvalue weighted by atomic mass is 35.5. The minimum absolute atomic E-state index is 0.262. The van der Waals surface area contributed by atoms with Crippen LogP contribution in [-0.2, 0) is 6.42 Å². The molecule has 0 fully saturated rings. The summed E-state index contributed by atoms with van der Waals surface area (Å²) in [4.78, 5) is 1.24. The molecule has 0 saturated heterocycles. The molecule has 0 saturated carbocycles. The van der Waals surface area contributed by atoms with Crippen molar-refractivity contribution in [3.63, 3.8) is 0 Å². The molecule has 0 amide bonds. The van der Waals surface area contributed by atoms with Gasteiger partial charge in [0.25, 0.3) is 0 Å². The lowest BCUT2D eigenvalue weighted by Gasteiger charge is -2.18. The molecule has 19 heavy (non-hydrogen) atoms. The minimum atomic E-state index is 0.262. The van der Waals surface area contributed by atoms with Gasteiger partial charge in [0.2, 0.25) is 0 Å². The number of halogens is 1. The molecule has 1 N–H and O–H groups in total. The summed E-state index contributed by atoms with van der Waals surface area (Å²) in [5.74, 6) is 0.956. The van der Waals surface area contributed by atoms with Gasteiger partial charge in [-0.1, -0.05) is 30.7 Å². The lowest BCUT2D eigenvalue weighted by Crippen LogP contribution is -2.22.